The summed E-state index contributed by atoms with van der Waals surface area (Å²) in [5.74, 6) is -0.653. The third-order valence-corrected chi connectivity index (χ3v) is 3.76. The highest BCUT2D eigenvalue weighted by molar-refractivity contribution is 5.94. The number of rotatable bonds is 8. The van der Waals surface area contributed by atoms with Crippen LogP contribution in [-0.4, -0.2) is 55.8 Å². The van der Waals surface area contributed by atoms with Crippen molar-refractivity contribution in [2.75, 3.05) is 27.2 Å². The first-order chi connectivity index (χ1) is 11.7. The van der Waals surface area contributed by atoms with E-state index in [4.69, 9.17) is 5.73 Å². The molecule has 0 unspecified atom stereocenters. The average Bonchev–Trinajstić information content (AvgIpc) is 2.58. The summed E-state index contributed by atoms with van der Waals surface area (Å²) in [4.78, 5) is 36.9. The second-order valence-electron chi connectivity index (χ2n) is 6.49. The quantitative estimate of drug-likeness (QED) is 0.622. The summed E-state index contributed by atoms with van der Waals surface area (Å²) >= 11 is 0. The maximum atomic E-state index is 11.9. The Morgan fingerprint density at radius 3 is 2.44 bits per heavy atom. The molecule has 1 aromatic carbocycles. The Morgan fingerprint density at radius 1 is 1.16 bits per heavy atom. The summed E-state index contributed by atoms with van der Waals surface area (Å²) in [5.41, 5.74) is 7.28. The van der Waals surface area contributed by atoms with Crippen LogP contribution in [0.5, 0.6) is 0 Å². The van der Waals surface area contributed by atoms with Crippen molar-refractivity contribution in [3.8, 4) is 0 Å². The van der Waals surface area contributed by atoms with Crippen LogP contribution >= 0.6 is 0 Å². The van der Waals surface area contributed by atoms with Gasteiger partial charge in [-0.3, -0.25) is 14.4 Å². The van der Waals surface area contributed by atoms with Crippen LogP contribution in [0.25, 0.3) is 0 Å². The maximum Gasteiger partial charge on any atom is 0.253 e. The van der Waals surface area contributed by atoms with Crippen molar-refractivity contribution in [2.45, 2.75) is 26.3 Å². The Labute approximate surface area is 148 Å². The van der Waals surface area contributed by atoms with Crippen molar-refractivity contribution in [3.63, 3.8) is 0 Å². The topological polar surface area (TPSA) is 105 Å². The number of amides is 3. The molecule has 0 spiro atoms. The van der Waals surface area contributed by atoms with Gasteiger partial charge in [-0.15, -0.1) is 0 Å². The highest BCUT2D eigenvalue weighted by atomic mass is 16.2. The van der Waals surface area contributed by atoms with E-state index in [1.807, 2.05) is 32.0 Å². The zero-order valence-corrected chi connectivity index (χ0v) is 15.3. The lowest BCUT2D eigenvalue weighted by molar-refractivity contribution is -0.127. The van der Waals surface area contributed by atoms with E-state index in [1.165, 1.54) is 4.90 Å². The number of nitrogens with zero attached hydrogens (tertiary/aromatic N) is 1. The molecule has 0 saturated carbocycles. The molecule has 4 N–H and O–H groups in total. The number of hydrogen-bond acceptors (Lipinski definition) is 4. The fourth-order valence-electron chi connectivity index (χ4n) is 2.11. The minimum absolute atomic E-state index is 0.0141. The molecule has 3 amide bonds. The summed E-state index contributed by atoms with van der Waals surface area (Å²) in [6.07, 6.45) is 0.597. The van der Waals surface area contributed by atoms with E-state index in [0.29, 0.717) is 18.5 Å². The molecule has 0 aromatic heterocycles. The van der Waals surface area contributed by atoms with Crippen LogP contribution in [0.1, 0.15) is 29.8 Å². The molecule has 0 aliphatic rings. The van der Waals surface area contributed by atoms with Gasteiger partial charge in [0.2, 0.25) is 11.8 Å². The van der Waals surface area contributed by atoms with E-state index in [9.17, 15) is 14.4 Å². The summed E-state index contributed by atoms with van der Waals surface area (Å²) in [7, 11) is 3.41. The molecule has 0 heterocycles. The third-order valence-electron chi connectivity index (χ3n) is 3.76. The molecule has 0 aliphatic heterocycles. The normalized spacial score (nSPS) is 11.8. The molecule has 7 heteroatoms. The molecule has 0 radical (unpaired) electrons. The molecule has 0 saturated heterocycles. The predicted molar refractivity (Wildman–Crippen MR) is 97.0 cm³/mol. The van der Waals surface area contributed by atoms with Crippen molar-refractivity contribution in [3.05, 3.63) is 35.4 Å². The second-order valence-corrected chi connectivity index (χ2v) is 6.49. The Morgan fingerprint density at radius 2 is 1.84 bits per heavy atom. The predicted octanol–water partition coefficient (Wildman–Crippen LogP) is 0.147. The van der Waals surface area contributed by atoms with Crippen LogP contribution in [-0.2, 0) is 16.0 Å². The van der Waals surface area contributed by atoms with Crippen LogP contribution in [0.4, 0.5) is 0 Å². The van der Waals surface area contributed by atoms with Gasteiger partial charge in [-0.1, -0.05) is 26.0 Å². The van der Waals surface area contributed by atoms with Gasteiger partial charge in [-0.25, -0.2) is 0 Å². The van der Waals surface area contributed by atoms with E-state index < -0.39 is 6.04 Å². The Balaban J connectivity index is 2.40. The first-order valence-corrected chi connectivity index (χ1v) is 8.33. The van der Waals surface area contributed by atoms with E-state index in [-0.39, 0.29) is 30.2 Å². The van der Waals surface area contributed by atoms with Gasteiger partial charge in [-0.2, -0.15) is 0 Å². The largest absolute Gasteiger partial charge is 0.354 e. The van der Waals surface area contributed by atoms with Crippen molar-refractivity contribution in [2.24, 2.45) is 11.7 Å². The lowest BCUT2D eigenvalue weighted by atomic mass is 10.1. The Bertz CT molecular complexity index is 614. The Hall–Kier alpha value is -2.41. The van der Waals surface area contributed by atoms with Crippen molar-refractivity contribution in [1.82, 2.24) is 15.5 Å². The van der Waals surface area contributed by atoms with E-state index in [1.54, 1.807) is 20.2 Å². The van der Waals surface area contributed by atoms with Gasteiger partial charge >= 0.3 is 0 Å². The highest BCUT2D eigenvalue weighted by Gasteiger charge is 2.17. The van der Waals surface area contributed by atoms with E-state index in [2.05, 4.69) is 10.6 Å². The monoisotopic (exact) mass is 348 g/mol. The summed E-state index contributed by atoms with van der Waals surface area (Å²) < 4.78 is 0. The van der Waals surface area contributed by atoms with Crippen LogP contribution in [0.3, 0.4) is 0 Å². The molecule has 0 aliphatic carbocycles. The highest BCUT2D eigenvalue weighted by Crippen LogP contribution is 2.07. The summed E-state index contributed by atoms with van der Waals surface area (Å²) in [6.45, 7) is 4.02. The number of hydrogen-bond donors (Lipinski definition) is 3. The van der Waals surface area contributed by atoms with E-state index in [0.717, 1.165) is 5.56 Å². The van der Waals surface area contributed by atoms with Gasteiger partial charge in [0.25, 0.3) is 5.91 Å². The first kappa shape index (κ1) is 20.6. The average molecular weight is 348 g/mol. The lowest BCUT2D eigenvalue weighted by Gasteiger charge is -2.15. The molecule has 25 heavy (non-hydrogen) atoms. The molecule has 1 aromatic rings. The third kappa shape index (κ3) is 6.93. The van der Waals surface area contributed by atoms with Gasteiger partial charge < -0.3 is 21.3 Å². The van der Waals surface area contributed by atoms with Crippen molar-refractivity contribution >= 4 is 17.7 Å². The van der Waals surface area contributed by atoms with Crippen LogP contribution in [0, 0.1) is 5.92 Å². The van der Waals surface area contributed by atoms with Crippen LogP contribution < -0.4 is 16.4 Å². The van der Waals surface area contributed by atoms with Gasteiger partial charge in [0.15, 0.2) is 0 Å². The molecule has 1 rings (SSSR count). The van der Waals surface area contributed by atoms with Crippen molar-refractivity contribution in [1.29, 1.82) is 0 Å². The number of carbonyl (C=O) groups excluding carboxylic acids is 3. The standard InChI is InChI=1S/C18H28N4O3/c1-12(2)16(19)17(24)21-11-15(23)20-9-8-13-6-5-7-14(10-13)18(25)22(3)4/h5-7,10,12,16H,8-9,11,19H2,1-4H3,(H,20,23)(H,21,24)/t16-/m0/s1. The first-order valence-electron chi connectivity index (χ1n) is 8.33. The zero-order chi connectivity index (χ0) is 19.0. The number of nitrogens with two attached hydrogens (primary N) is 1. The van der Waals surface area contributed by atoms with Gasteiger partial charge in [0.05, 0.1) is 12.6 Å². The fraction of sp³-hybridized carbons (Fsp3) is 0.500. The maximum absolute atomic E-state index is 11.9. The minimum atomic E-state index is -0.621. The summed E-state index contributed by atoms with van der Waals surface area (Å²) in [6, 6.07) is 6.68. The molecule has 0 bridgehead atoms. The molecule has 7 nitrogen and oxygen atoms in total. The molecule has 0 fully saturated rings. The Kier molecular flexibility index (Phi) is 8.07. The van der Waals surface area contributed by atoms with Gasteiger partial charge in [-0.05, 0) is 30.0 Å². The SMILES string of the molecule is CC(C)[C@H](N)C(=O)NCC(=O)NCCc1cccc(C(=O)N(C)C)c1. The smallest absolute Gasteiger partial charge is 0.253 e. The van der Waals surface area contributed by atoms with Gasteiger partial charge in [0.1, 0.15) is 0 Å². The van der Waals surface area contributed by atoms with Crippen LogP contribution in [0.2, 0.25) is 0 Å². The molecule has 138 valence electrons. The number of carbonyl (C=O) groups is 3. The lowest BCUT2D eigenvalue weighted by Crippen LogP contribution is -2.47. The van der Waals surface area contributed by atoms with Crippen molar-refractivity contribution < 1.29 is 14.4 Å². The number of nitrogens with one attached hydrogen (secondary N) is 2. The zero-order valence-electron chi connectivity index (χ0n) is 15.3. The molecular formula is C18H28N4O3. The molecular weight excluding hydrogens is 320 g/mol. The van der Waals surface area contributed by atoms with E-state index >= 15 is 0 Å². The summed E-state index contributed by atoms with van der Waals surface area (Å²) in [5, 5.41) is 5.26. The molecule has 1 atom stereocenters. The second kappa shape index (κ2) is 9.78. The van der Waals surface area contributed by atoms with Gasteiger partial charge in [0, 0.05) is 26.2 Å². The number of benzene rings is 1. The minimum Gasteiger partial charge on any atom is -0.354 e. The fourth-order valence-corrected chi connectivity index (χ4v) is 2.11. The van der Waals surface area contributed by atoms with Crippen LogP contribution in [0.15, 0.2) is 24.3 Å².